The lowest BCUT2D eigenvalue weighted by atomic mass is 10.2. The van der Waals surface area contributed by atoms with Crippen molar-refractivity contribution < 1.29 is 9.59 Å². The van der Waals surface area contributed by atoms with Crippen LogP contribution in [0.25, 0.3) is 0 Å². The Labute approximate surface area is 94.2 Å². The summed E-state index contributed by atoms with van der Waals surface area (Å²) in [5.74, 6) is -0.521. The minimum absolute atomic E-state index is 0.0375. The minimum atomic E-state index is -0.484. The predicted molar refractivity (Wildman–Crippen MR) is 62.1 cm³/mol. The first-order valence-electron chi connectivity index (χ1n) is 4.84. The third-order valence-corrected chi connectivity index (χ3v) is 2.09. The molecule has 16 heavy (non-hydrogen) atoms. The first kappa shape index (κ1) is 12.0. The third-order valence-electron chi connectivity index (χ3n) is 2.09. The zero-order chi connectivity index (χ0) is 12.1. The fraction of sp³-hybridized carbons (Fsp3) is 0.273. The first-order valence-corrected chi connectivity index (χ1v) is 4.84. The van der Waals surface area contributed by atoms with E-state index in [-0.39, 0.29) is 12.5 Å². The van der Waals surface area contributed by atoms with Gasteiger partial charge in [-0.25, -0.2) is 0 Å². The number of nitrogens with zero attached hydrogens (tertiary/aromatic N) is 1. The number of anilines is 1. The topological polar surface area (TPSA) is 75.4 Å². The number of likely N-dealkylation sites (N-methyl/N-ethyl adjacent to an activating group) is 1. The van der Waals surface area contributed by atoms with Gasteiger partial charge in [0, 0.05) is 25.3 Å². The SMILES string of the molecule is CN(C)C(=O)CNc1cccc(C(N)=O)c1. The molecular weight excluding hydrogens is 206 g/mol. The molecule has 0 atom stereocenters. The van der Waals surface area contributed by atoms with E-state index < -0.39 is 5.91 Å². The number of benzene rings is 1. The molecule has 0 heterocycles. The molecular formula is C11H15N3O2. The van der Waals surface area contributed by atoms with Crippen LogP contribution in [0.4, 0.5) is 5.69 Å². The molecule has 0 bridgehead atoms. The van der Waals surface area contributed by atoms with Gasteiger partial charge in [-0.05, 0) is 18.2 Å². The third kappa shape index (κ3) is 3.27. The van der Waals surface area contributed by atoms with E-state index >= 15 is 0 Å². The Morgan fingerprint density at radius 3 is 2.62 bits per heavy atom. The van der Waals surface area contributed by atoms with Crippen LogP contribution in [0.1, 0.15) is 10.4 Å². The average Bonchev–Trinajstić information content (AvgIpc) is 2.26. The minimum Gasteiger partial charge on any atom is -0.376 e. The molecule has 5 heteroatoms. The summed E-state index contributed by atoms with van der Waals surface area (Å²) in [7, 11) is 3.37. The number of amides is 2. The van der Waals surface area contributed by atoms with E-state index in [1.54, 1.807) is 38.4 Å². The van der Waals surface area contributed by atoms with E-state index in [0.717, 1.165) is 0 Å². The number of rotatable bonds is 4. The maximum absolute atomic E-state index is 11.3. The van der Waals surface area contributed by atoms with Crippen LogP contribution >= 0.6 is 0 Å². The molecule has 1 rings (SSSR count). The van der Waals surface area contributed by atoms with Gasteiger partial charge in [-0.3, -0.25) is 9.59 Å². The number of nitrogens with one attached hydrogen (secondary N) is 1. The fourth-order valence-electron chi connectivity index (χ4n) is 1.12. The van der Waals surface area contributed by atoms with Gasteiger partial charge in [-0.1, -0.05) is 6.07 Å². The Kier molecular flexibility index (Phi) is 3.88. The van der Waals surface area contributed by atoms with Crippen LogP contribution in [0, 0.1) is 0 Å². The van der Waals surface area contributed by atoms with Gasteiger partial charge in [0.1, 0.15) is 0 Å². The smallest absolute Gasteiger partial charge is 0.248 e. The van der Waals surface area contributed by atoms with E-state index in [4.69, 9.17) is 5.73 Å². The van der Waals surface area contributed by atoms with Gasteiger partial charge in [-0.2, -0.15) is 0 Å². The van der Waals surface area contributed by atoms with Crippen LogP contribution < -0.4 is 11.1 Å². The highest BCUT2D eigenvalue weighted by molar-refractivity contribution is 5.93. The van der Waals surface area contributed by atoms with Gasteiger partial charge >= 0.3 is 0 Å². The fourth-order valence-corrected chi connectivity index (χ4v) is 1.12. The Morgan fingerprint density at radius 1 is 1.38 bits per heavy atom. The molecule has 0 aromatic heterocycles. The number of primary amides is 1. The van der Waals surface area contributed by atoms with Crippen molar-refractivity contribution in [1.82, 2.24) is 4.90 Å². The molecule has 0 saturated carbocycles. The van der Waals surface area contributed by atoms with Crippen LogP contribution in [0.2, 0.25) is 0 Å². The second-order valence-electron chi connectivity index (χ2n) is 3.59. The van der Waals surface area contributed by atoms with Crippen molar-refractivity contribution in [2.45, 2.75) is 0 Å². The number of carbonyl (C=O) groups is 2. The highest BCUT2D eigenvalue weighted by atomic mass is 16.2. The molecule has 1 aromatic carbocycles. The zero-order valence-corrected chi connectivity index (χ0v) is 9.36. The molecule has 2 amide bonds. The monoisotopic (exact) mass is 221 g/mol. The first-order chi connectivity index (χ1) is 7.50. The molecule has 0 radical (unpaired) electrons. The Morgan fingerprint density at radius 2 is 2.06 bits per heavy atom. The normalized spacial score (nSPS) is 9.62. The lowest BCUT2D eigenvalue weighted by molar-refractivity contribution is -0.126. The largest absolute Gasteiger partial charge is 0.376 e. The number of hydrogen-bond donors (Lipinski definition) is 2. The van der Waals surface area contributed by atoms with Gasteiger partial charge in [0.15, 0.2) is 0 Å². The standard InChI is InChI=1S/C11H15N3O2/c1-14(2)10(15)7-13-9-5-3-4-8(6-9)11(12)16/h3-6,13H,7H2,1-2H3,(H2,12,16). The molecule has 86 valence electrons. The molecule has 1 aromatic rings. The van der Waals surface area contributed by atoms with Crippen LogP contribution in [0.15, 0.2) is 24.3 Å². The van der Waals surface area contributed by atoms with E-state index in [1.807, 2.05) is 0 Å². The summed E-state index contributed by atoms with van der Waals surface area (Å²) in [6, 6.07) is 6.73. The van der Waals surface area contributed by atoms with Crippen molar-refractivity contribution >= 4 is 17.5 Å². The second kappa shape index (κ2) is 5.16. The molecule has 3 N–H and O–H groups in total. The van der Waals surface area contributed by atoms with E-state index in [9.17, 15) is 9.59 Å². The van der Waals surface area contributed by atoms with Crippen LogP contribution in [-0.4, -0.2) is 37.4 Å². The Bertz CT molecular complexity index is 402. The average molecular weight is 221 g/mol. The lowest BCUT2D eigenvalue weighted by Crippen LogP contribution is -2.28. The highest BCUT2D eigenvalue weighted by Crippen LogP contribution is 2.09. The summed E-state index contributed by atoms with van der Waals surface area (Å²) in [6.07, 6.45) is 0. The number of nitrogens with two attached hydrogens (primary N) is 1. The van der Waals surface area contributed by atoms with Crippen molar-refractivity contribution in [3.05, 3.63) is 29.8 Å². The molecule has 0 saturated heterocycles. The number of carbonyl (C=O) groups excluding carboxylic acids is 2. The summed E-state index contributed by atoms with van der Waals surface area (Å²) in [5.41, 5.74) is 6.26. The number of hydrogen-bond acceptors (Lipinski definition) is 3. The van der Waals surface area contributed by atoms with Gasteiger partial charge < -0.3 is 16.0 Å². The van der Waals surface area contributed by atoms with Gasteiger partial charge in [0.05, 0.1) is 6.54 Å². The second-order valence-corrected chi connectivity index (χ2v) is 3.59. The molecule has 0 unspecified atom stereocenters. The summed E-state index contributed by atoms with van der Waals surface area (Å²) in [5, 5.41) is 2.92. The van der Waals surface area contributed by atoms with Gasteiger partial charge in [-0.15, -0.1) is 0 Å². The molecule has 5 nitrogen and oxygen atoms in total. The molecule has 0 fully saturated rings. The predicted octanol–water partition coefficient (Wildman–Crippen LogP) is 0.286. The zero-order valence-electron chi connectivity index (χ0n) is 9.36. The van der Waals surface area contributed by atoms with E-state index in [1.165, 1.54) is 4.90 Å². The molecule has 0 aliphatic rings. The Hall–Kier alpha value is -2.04. The maximum atomic E-state index is 11.3. The van der Waals surface area contributed by atoms with Crippen molar-refractivity contribution in [2.24, 2.45) is 5.73 Å². The van der Waals surface area contributed by atoms with Crippen LogP contribution in [0.5, 0.6) is 0 Å². The molecule has 0 aliphatic carbocycles. The van der Waals surface area contributed by atoms with Crippen LogP contribution in [-0.2, 0) is 4.79 Å². The highest BCUT2D eigenvalue weighted by Gasteiger charge is 2.04. The van der Waals surface area contributed by atoms with Crippen LogP contribution in [0.3, 0.4) is 0 Å². The van der Waals surface area contributed by atoms with E-state index in [0.29, 0.717) is 11.3 Å². The summed E-state index contributed by atoms with van der Waals surface area (Å²) in [6.45, 7) is 0.190. The van der Waals surface area contributed by atoms with Gasteiger partial charge in [0.25, 0.3) is 0 Å². The maximum Gasteiger partial charge on any atom is 0.248 e. The quantitative estimate of drug-likeness (QED) is 0.767. The van der Waals surface area contributed by atoms with Crippen molar-refractivity contribution in [2.75, 3.05) is 26.0 Å². The van der Waals surface area contributed by atoms with Gasteiger partial charge in [0.2, 0.25) is 11.8 Å². The molecule has 0 spiro atoms. The summed E-state index contributed by atoms with van der Waals surface area (Å²) < 4.78 is 0. The van der Waals surface area contributed by atoms with Crippen molar-refractivity contribution in [1.29, 1.82) is 0 Å². The summed E-state index contributed by atoms with van der Waals surface area (Å²) in [4.78, 5) is 23.7. The molecule has 0 aliphatic heterocycles. The Balaban J connectivity index is 2.64. The van der Waals surface area contributed by atoms with Crippen molar-refractivity contribution in [3.63, 3.8) is 0 Å². The van der Waals surface area contributed by atoms with Crippen molar-refractivity contribution in [3.8, 4) is 0 Å². The summed E-state index contributed by atoms with van der Waals surface area (Å²) >= 11 is 0. The van der Waals surface area contributed by atoms with E-state index in [2.05, 4.69) is 5.32 Å². The lowest BCUT2D eigenvalue weighted by Gasteiger charge is -2.11.